The summed E-state index contributed by atoms with van der Waals surface area (Å²) in [6.45, 7) is 7.55. The van der Waals surface area contributed by atoms with Crippen LogP contribution in [0.15, 0.2) is 24.4 Å². The van der Waals surface area contributed by atoms with E-state index < -0.39 is 0 Å². The molecule has 0 saturated carbocycles. The quantitative estimate of drug-likeness (QED) is 0.880. The Hall–Kier alpha value is -1.66. The zero-order valence-corrected chi connectivity index (χ0v) is 13.8. The lowest BCUT2D eigenvalue weighted by Crippen LogP contribution is -2.48. The second-order valence-electron chi connectivity index (χ2n) is 6.51. The van der Waals surface area contributed by atoms with Crippen LogP contribution in [0.5, 0.6) is 0 Å². The second kappa shape index (κ2) is 7.75. The minimum Gasteiger partial charge on any atom is -0.375 e. The van der Waals surface area contributed by atoms with Gasteiger partial charge in [-0.25, -0.2) is 4.98 Å². The highest BCUT2D eigenvalue weighted by molar-refractivity contribution is 5.78. The number of nitrogens with zero attached hydrogens (tertiary/aromatic N) is 3. The Labute approximate surface area is 137 Å². The topological polar surface area (TPSA) is 57.7 Å². The molecule has 126 valence electrons. The Bertz CT molecular complexity index is 511. The highest BCUT2D eigenvalue weighted by Crippen LogP contribution is 2.17. The molecule has 6 heteroatoms. The molecular weight excluding hydrogens is 292 g/mol. The first-order chi connectivity index (χ1) is 11.2. The average molecular weight is 318 g/mol. The van der Waals surface area contributed by atoms with E-state index in [1.807, 2.05) is 30.0 Å². The van der Waals surface area contributed by atoms with E-state index in [4.69, 9.17) is 4.74 Å². The van der Waals surface area contributed by atoms with Crippen molar-refractivity contribution in [3.8, 4) is 0 Å². The predicted molar refractivity (Wildman–Crippen MR) is 89.3 cm³/mol. The lowest BCUT2D eigenvalue weighted by atomic mass is 10.1. The molecule has 2 aliphatic heterocycles. The molecule has 3 heterocycles. The number of hydrogen-bond acceptors (Lipinski definition) is 5. The molecule has 0 bridgehead atoms. The molecule has 2 saturated heterocycles. The van der Waals surface area contributed by atoms with Gasteiger partial charge in [-0.2, -0.15) is 0 Å². The molecule has 2 aliphatic rings. The number of carbonyl (C=O) groups excluding carboxylic acids is 1. The summed E-state index contributed by atoms with van der Waals surface area (Å²) in [7, 11) is 0. The standard InChI is InChI=1S/C17H26N4O2/c1-14-11-21(8-9-23-14)17(22)13-20-7-5-15(12-20)10-19-16-4-2-3-6-18-16/h2-4,6,14-15H,5,7-13H2,1H3,(H,18,19)/t14-,15-/m1/s1. The van der Waals surface area contributed by atoms with Crippen LogP contribution in [0.4, 0.5) is 5.82 Å². The Morgan fingerprint density at radius 3 is 3.09 bits per heavy atom. The van der Waals surface area contributed by atoms with Gasteiger partial charge < -0.3 is 15.0 Å². The van der Waals surface area contributed by atoms with Crippen LogP contribution >= 0.6 is 0 Å². The summed E-state index contributed by atoms with van der Waals surface area (Å²) in [5.74, 6) is 1.73. The van der Waals surface area contributed by atoms with E-state index in [1.54, 1.807) is 6.20 Å². The number of likely N-dealkylation sites (tertiary alicyclic amines) is 1. The number of aromatic nitrogens is 1. The SMILES string of the molecule is C[C@@H]1CN(C(=O)CN2CC[C@H](CNc3ccccn3)C2)CCO1. The molecule has 0 spiro atoms. The minimum absolute atomic E-state index is 0.154. The van der Waals surface area contributed by atoms with Gasteiger partial charge >= 0.3 is 0 Å². The lowest BCUT2D eigenvalue weighted by molar-refractivity contribution is -0.139. The first-order valence-electron chi connectivity index (χ1n) is 8.47. The van der Waals surface area contributed by atoms with Crippen molar-refractivity contribution < 1.29 is 9.53 Å². The first kappa shape index (κ1) is 16.2. The summed E-state index contributed by atoms with van der Waals surface area (Å²) in [4.78, 5) is 20.9. The molecule has 1 aromatic rings. The van der Waals surface area contributed by atoms with Crippen LogP contribution in [0.3, 0.4) is 0 Å². The number of amides is 1. The van der Waals surface area contributed by atoms with Gasteiger partial charge in [0.2, 0.25) is 5.91 Å². The first-order valence-corrected chi connectivity index (χ1v) is 8.47. The maximum atomic E-state index is 12.4. The lowest BCUT2D eigenvalue weighted by Gasteiger charge is -2.32. The second-order valence-corrected chi connectivity index (χ2v) is 6.51. The average Bonchev–Trinajstić information content (AvgIpc) is 3.01. The predicted octanol–water partition coefficient (Wildman–Crippen LogP) is 1.06. The number of anilines is 1. The van der Waals surface area contributed by atoms with Gasteiger partial charge in [0, 0.05) is 32.4 Å². The van der Waals surface area contributed by atoms with Crippen LogP contribution in [-0.4, -0.2) is 72.7 Å². The van der Waals surface area contributed by atoms with E-state index in [0.29, 0.717) is 19.1 Å². The third-order valence-corrected chi connectivity index (χ3v) is 4.56. The van der Waals surface area contributed by atoms with E-state index in [0.717, 1.165) is 45.0 Å². The molecule has 0 radical (unpaired) electrons. The van der Waals surface area contributed by atoms with Crippen molar-refractivity contribution in [2.24, 2.45) is 5.92 Å². The zero-order chi connectivity index (χ0) is 16.1. The largest absolute Gasteiger partial charge is 0.375 e. The highest BCUT2D eigenvalue weighted by Gasteiger charge is 2.27. The van der Waals surface area contributed by atoms with Crippen molar-refractivity contribution in [1.29, 1.82) is 0 Å². The summed E-state index contributed by atoms with van der Waals surface area (Å²) in [5, 5.41) is 3.38. The van der Waals surface area contributed by atoms with Gasteiger partial charge in [-0.1, -0.05) is 6.07 Å². The molecule has 1 amide bonds. The van der Waals surface area contributed by atoms with Gasteiger partial charge in [-0.15, -0.1) is 0 Å². The zero-order valence-electron chi connectivity index (χ0n) is 13.8. The maximum Gasteiger partial charge on any atom is 0.236 e. The number of ether oxygens (including phenoxy) is 1. The molecule has 3 rings (SSSR count). The Balaban J connectivity index is 1.40. The number of carbonyl (C=O) groups is 1. The van der Waals surface area contributed by atoms with Gasteiger partial charge in [0.1, 0.15) is 5.82 Å². The van der Waals surface area contributed by atoms with Crippen LogP contribution in [0.1, 0.15) is 13.3 Å². The van der Waals surface area contributed by atoms with Crippen LogP contribution in [0, 0.1) is 5.92 Å². The van der Waals surface area contributed by atoms with Crippen molar-refractivity contribution >= 4 is 11.7 Å². The number of hydrogen-bond donors (Lipinski definition) is 1. The summed E-state index contributed by atoms with van der Waals surface area (Å²) >= 11 is 0. The molecular formula is C17H26N4O2. The number of morpholine rings is 1. The molecule has 6 nitrogen and oxygen atoms in total. The normalized spacial score (nSPS) is 25.5. The van der Waals surface area contributed by atoms with E-state index >= 15 is 0 Å². The van der Waals surface area contributed by atoms with Gasteiger partial charge in [0.25, 0.3) is 0 Å². The van der Waals surface area contributed by atoms with Gasteiger partial charge in [0.05, 0.1) is 19.3 Å². The van der Waals surface area contributed by atoms with Crippen LogP contribution in [0.25, 0.3) is 0 Å². The van der Waals surface area contributed by atoms with Crippen molar-refractivity contribution in [2.45, 2.75) is 19.4 Å². The number of rotatable bonds is 5. The van der Waals surface area contributed by atoms with E-state index in [2.05, 4.69) is 15.2 Å². The van der Waals surface area contributed by atoms with E-state index in [-0.39, 0.29) is 12.0 Å². The maximum absolute atomic E-state index is 12.4. The third kappa shape index (κ3) is 4.65. The molecule has 0 aliphatic carbocycles. The molecule has 1 aromatic heterocycles. The molecule has 0 unspecified atom stereocenters. The monoisotopic (exact) mass is 318 g/mol. The fourth-order valence-corrected chi connectivity index (χ4v) is 3.28. The molecule has 2 fully saturated rings. The van der Waals surface area contributed by atoms with Crippen molar-refractivity contribution in [1.82, 2.24) is 14.8 Å². The van der Waals surface area contributed by atoms with E-state index in [1.165, 1.54) is 0 Å². The summed E-state index contributed by atoms with van der Waals surface area (Å²) < 4.78 is 5.50. The van der Waals surface area contributed by atoms with Gasteiger partial charge in [-0.05, 0) is 37.9 Å². The van der Waals surface area contributed by atoms with Crippen LogP contribution < -0.4 is 5.32 Å². The summed E-state index contributed by atoms with van der Waals surface area (Å²) in [6.07, 6.45) is 3.08. The summed E-state index contributed by atoms with van der Waals surface area (Å²) in [6, 6.07) is 5.88. The molecule has 23 heavy (non-hydrogen) atoms. The minimum atomic E-state index is 0.154. The van der Waals surface area contributed by atoms with Crippen molar-refractivity contribution in [3.05, 3.63) is 24.4 Å². The Kier molecular flexibility index (Phi) is 5.46. The summed E-state index contributed by atoms with van der Waals surface area (Å²) in [5.41, 5.74) is 0. The van der Waals surface area contributed by atoms with Gasteiger partial charge in [0.15, 0.2) is 0 Å². The molecule has 1 N–H and O–H groups in total. The number of pyridine rings is 1. The Morgan fingerprint density at radius 2 is 2.30 bits per heavy atom. The van der Waals surface area contributed by atoms with Crippen LogP contribution in [-0.2, 0) is 9.53 Å². The fourth-order valence-electron chi connectivity index (χ4n) is 3.28. The van der Waals surface area contributed by atoms with Gasteiger partial charge in [-0.3, -0.25) is 9.69 Å². The molecule has 0 aromatic carbocycles. The van der Waals surface area contributed by atoms with Crippen molar-refractivity contribution in [2.75, 3.05) is 51.2 Å². The van der Waals surface area contributed by atoms with E-state index in [9.17, 15) is 4.79 Å². The fraction of sp³-hybridized carbons (Fsp3) is 0.647. The van der Waals surface area contributed by atoms with Crippen molar-refractivity contribution in [3.63, 3.8) is 0 Å². The third-order valence-electron chi connectivity index (χ3n) is 4.56. The Morgan fingerprint density at radius 1 is 1.39 bits per heavy atom. The highest BCUT2D eigenvalue weighted by atomic mass is 16.5. The smallest absolute Gasteiger partial charge is 0.236 e. The van der Waals surface area contributed by atoms with Crippen LogP contribution in [0.2, 0.25) is 0 Å². The molecule has 2 atom stereocenters. The number of nitrogens with one attached hydrogen (secondary N) is 1.